The molecule has 2 nitrogen and oxygen atoms in total. The first-order valence-electron chi connectivity index (χ1n) is 4.31. The highest BCUT2D eigenvalue weighted by Gasteiger charge is 2.13. The van der Waals surface area contributed by atoms with Gasteiger partial charge in [0.25, 0.3) is 0 Å². The molecule has 1 aliphatic rings. The van der Waals surface area contributed by atoms with Crippen molar-refractivity contribution >= 4 is 0 Å². The molecule has 0 amide bonds. The van der Waals surface area contributed by atoms with Crippen LogP contribution in [0.2, 0.25) is 0 Å². The largest absolute Gasteiger partial charge is 0.350 e. The van der Waals surface area contributed by atoms with Gasteiger partial charge in [0.05, 0.1) is 13.2 Å². The van der Waals surface area contributed by atoms with Crippen LogP contribution in [0.25, 0.3) is 0 Å². The van der Waals surface area contributed by atoms with Crippen molar-refractivity contribution in [3.05, 3.63) is 12.2 Å². The van der Waals surface area contributed by atoms with Gasteiger partial charge >= 0.3 is 0 Å². The van der Waals surface area contributed by atoms with Crippen LogP contribution in [0.3, 0.4) is 0 Å². The molecule has 0 spiro atoms. The van der Waals surface area contributed by atoms with Crippen molar-refractivity contribution in [2.45, 2.75) is 32.5 Å². The summed E-state index contributed by atoms with van der Waals surface area (Å²) in [4.78, 5) is 0. The van der Waals surface area contributed by atoms with Crippen LogP contribution in [0.4, 0.5) is 0 Å². The summed E-state index contributed by atoms with van der Waals surface area (Å²) in [5, 5.41) is 0. The van der Waals surface area contributed by atoms with E-state index in [0.717, 1.165) is 32.5 Å². The first-order chi connectivity index (χ1) is 5.43. The molecule has 1 aliphatic heterocycles. The van der Waals surface area contributed by atoms with Crippen molar-refractivity contribution in [3.8, 4) is 0 Å². The van der Waals surface area contributed by atoms with E-state index < -0.39 is 0 Å². The molecular weight excluding hydrogens is 140 g/mol. The van der Waals surface area contributed by atoms with E-state index in [9.17, 15) is 0 Å². The molecule has 2 heteroatoms. The van der Waals surface area contributed by atoms with Gasteiger partial charge < -0.3 is 9.47 Å². The fourth-order valence-corrected chi connectivity index (χ4v) is 1.09. The van der Waals surface area contributed by atoms with E-state index in [0.29, 0.717) is 0 Å². The van der Waals surface area contributed by atoms with E-state index in [2.05, 4.69) is 19.1 Å². The predicted octanol–water partition coefficient (Wildman–Crippen LogP) is 2.11. The lowest BCUT2D eigenvalue weighted by Gasteiger charge is -2.05. The molecule has 0 atom stereocenters. The molecule has 0 radical (unpaired) electrons. The topological polar surface area (TPSA) is 18.5 Å². The average Bonchev–Trinajstić information content (AvgIpc) is 2.50. The molecule has 0 aromatic heterocycles. The van der Waals surface area contributed by atoms with E-state index >= 15 is 0 Å². The third-order valence-corrected chi connectivity index (χ3v) is 1.66. The Labute approximate surface area is 68.2 Å². The van der Waals surface area contributed by atoms with Gasteiger partial charge in [0.2, 0.25) is 0 Å². The first kappa shape index (κ1) is 8.75. The Kier molecular flexibility index (Phi) is 4.24. The van der Waals surface area contributed by atoms with Gasteiger partial charge in [-0.2, -0.15) is 0 Å². The lowest BCUT2D eigenvalue weighted by atomic mass is 10.2. The Bertz CT molecular complexity index is 115. The number of hydrogen-bond donors (Lipinski definition) is 0. The predicted molar refractivity (Wildman–Crippen MR) is 44.4 cm³/mol. The number of hydrogen-bond acceptors (Lipinski definition) is 2. The third kappa shape index (κ3) is 3.54. The highest BCUT2D eigenvalue weighted by atomic mass is 16.7. The Morgan fingerprint density at radius 1 is 1.27 bits per heavy atom. The normalized spacial score (nSPS) is 20.1. The summed E-state index contributed by atoms with van der Waals surface area (Å²) in [7, 11) is 0. The van der Waals surface area contributed by atoms with Gasteiger partial charge in [0.15, 0.2) is 6.29 Å². The van der Waals surface area contributed by atoms with Crippen molar-refractivity contribution in [3.63, 3.8) is 0 Å². The second-order valence-corrected chi connectivity index (χ2v) is 2.63. The van der Waals surface area contributed by atoms with Crippen LogP contribution in [-0.2, 0) is 9.47 Å². The van der Waals surface area contributed by atoms with Crippen LogP contribution < -0.4 is 0 Å². The Morgan fingerprint density at radius 3 is 2.64 bits per heavy atom. The lowest BCUT2D eigenvalue weighted by molar-refractivity contribution is -0.0457. The van der Waals surface area contributed by atoms with Gasteiger partial charge in [0, 0.05) is 6.42 Å². The monoisotopic (exact) mass is 156 g/mol. The SMILES string of the molecule is CC/C=C\CCC1OCCO1. The van der Waals surface area contributed by atoms with Gasteiger partial charge in [-0.3, -0.25) is 0 Å². The van der Waals surface area contributed by atoms with E-state index in [1.54, 1.807) is 0 Å². The van der Waals surface area contributed by atoms with Crippen LogP contribution in [-0.4, -0.2) is 19.5 Å². The molecule has 1 rings (SSSR count). The molecule has 0 bridgehead atoms. The van der Waals surface area contributed by atoms with Gasteiger partial charge in [-0.05, 0) is 12.8 Å². The molecule has 1 fully saturated rings. The average molecular weight is 156 g/mol. The van der Waals surface area contributed by atoms with E-state index in [-0.39, 0.29) is 6.29 Å². The van der Waals surface area contributed by atoms with Crippen LogP contribution >= 0.6 is 0 Å². The maximum atomic E-state index is 5.28. The number of allylic oxidation sites excluding steroid dienone is 2. The summed E-state index contributed by atoms with van der Waals surface area (Å²) in [5.41, 5.74) is 0. The molecule has 1 heterocycles. The number of rotatable bonds is 4. The Hall–Kier alpha value is -0.340. The Morgan fingerprint density at radius 2 is 2.00 bits per heavy atom. The molecule has 0 aromatic carbocycles. The smallest absolute Gasteiger partial charge is 0.158 e. The zero-order valence-corrected chi connectivity index (χ0v) is 7.08. The third-order valence-electron chi connectivity index (χ3n) is 1.66. The lowest BCUT2D eigenvalue weighted by Crippen LogP contribution is -2.05. The molecule has 0 aliphatic carbocycles. The molecule has 11 heavy (non-hydrogen) atoms. The molecule has 0 saturated carbocycles. The van der Waals surface area contributed by atoms with Crippen molar-refractivity contribution in [1.82, 2.24) is 0 Å². The highest BCUT2D eigenvalue weighted by Crippen LogP contribution is 2.10. The quantitative estimate of drug-likeness (QED) is 0.580. The second kappa shape index (κ2) is 5.33. The maximum Gasteiger partial charge on any atom is 0.158 e. The van der Waals surface area contributed by atoms with Gasteiger partial charge in [-0.25, -0.2) is 0 Å². The van der Waals surface area contributed by atoms with Crippen LogP contribution in [0, 0.1) is 0 Å². The molecule has 0 aromatic rings. The van der Waals surface area contributed by atoms with Gasteiger partial charge in [-0.15, -0.1) is 0 Å². The zero-order valence-electron chi connectivity index (χ0n) is 7.08. The minimum absolute atomic E-state index is 0.0662. The highest BCUT2D eigenvalue weighted by molar-refractivity contribution is 4.80. The van der Waals surface area contributed by atoms with Crippen molar-refractivity contribution in [2.75, 3.05) is 13.2 Å². The van der Waals surface area contributed by atoms with E-state index in [1.165, 1.54) is 0 Å². The van der Waals surface area contributed by atoms with E-state index in [1.807, 2.05) is 0 Å². The molecular formula is C9H16O2. The second-order valence-electron chi connectivity index (χ2n) is 2.63. The van der Waals surface area contributed by atoms with Gasteiger partial charge in [0.1, 0.15) is 0 Å². The van der Waals surface area contributed by atoms with Crippen molar-refractivity contribution in [1.29, 1.82) is 0 Å². The van der Waals surface area contributed by atoms with Crippen molar-refractivity contribution in [2.24, 2.45) is 0 Å². The number of ether oxygens (including phenoxy) is 2. The maximum absolute atomic E-state index is 5.28. The summed E-state index contributed by atoms with van der Waals surface area (Å²) < 4.78 is 10.6. The van der Waals surface area contributed by atoms with E-state index in [4.69, 9.17) is 9.47 Å². The minimum Gasteiger partial charge on any atom is -0.350 e. The Balaban J connectivity index is 1.97. The van der Waals surface area contributed by atoms with Crippen LogP contribution in [0.1, 0.15) is 26.2 Å². The fourth-order valence-electron chi connectivity index (χ4n) is 1.09. The summed E-state index contributed by atoms with van der Waals surface area (Å²) >= 11 is 0. The summed E-state index contributed by atoms with van der Waals surface area (Å²) in [6.45, 7) is 3.67. The van der Waals surface area contributed by atoms with Gasteiger partial charge in [-0.1, -0.05) is 19.1 Å². The molecule has 0 N–H and O–H groups in total. The molecule has 1 saturated heterocycles. The zero-order chi connectivity index (χ0) is 7.94. The summed E-state index contributed by atoms with van der Waals surface area (Å²) in [6, 6.07) is 0. The van der Waals surface area contributed by atoms with Crippen molar-refractivity contribution < 1.29 is 9.47 Å². The first-order valence-corrected chi connectivity index (χ1v) is 4.31. The minimum atomic E-state index is 0.0662. The molecule has 0 unspecified atom stereocenters. The summed E-state index contributed by atoms with van der Waals surface area (Å²) in [5.74, 6) is 0. The van der Waals surface area contributed by atoms with Crippen LogP contribution in [0.15, 0.2) is 12.2 Å². The molecule has 64 valence electrons. The summed E-state index contributed by atoms with van der Waals surface area (Å²) in [6.07, 6.45) is 7.61. The fraction of sp³-hybridized carbons (Fsp3) is 0.778. The standard InChI is InChI=1S/C9H16O2/c1-2-3-4-5-6-9-10-7-8-11-9/h3-4,9H,2,5-8H2,1H3/b4-3-. The van der Waals surface area contributed by atoms with Crippen LogP contribution in [0.5, 0.6) is 0 Å².